The summed E-state index contributed by atoms with van der Waals surface area (Å²) < 4.78 is 0. The topological polar surface area (TPSA) is 69.7 Å². The lowest BCUT2D eigenvalue weighted by Crippen LogP contribution is -2.33. The number of halogens is 1. The van der Waals surface area contributed by atoms with E-state index in [1.165, 1.54) is 9.80 Å². The SMILES string of the molecule is CN1CC(=O)N(CCCC(=O)NCc2ccccc2Cl)C1=O. The van der Waals surface area contributed by atoms with Crippen molar-refractivity contribution in [1.82, 2.24) is 15.1 Å². The quantitative estimate of drug-likeness (QED) is 0.809. The number of hydrogen-bond donors (Lipinski definition) is 1. The first kappa shape index (κ1) is 16.3. The Bertz CT molecular complexity index is 591. The fraction of sp³-hybridized carbons (Fsp3) is 0.400. The number of amides is 4. The number of imide groups is 1. The molecule has 1 saturated heterocycles. The van der Waals surface area contributed by atoms with Crippen molar-refractivity contribution in [1.29, 1.82) is 0 Å². The van der Waals surface area contributed by atoms with E-state index < -0.39 is 0 Å². The fourth-order valence-electron chi connectivity index (χ4n) is 2.21. The summed E-state index contributed by atoms with van der Waals surface area (Å²) in [5, 5.41) is 3.38. The molecule has 1 aromatic carbocycles. The molecule has 0 bridgehead atoms. The van der Waals surface area contributed by atoms with Gasteiger partial charge in [0.15, 0.2) is 0 Å². The van der Waals surface area contributed by atoms with Crippen LogP contribution in [0.15, 0.2) is 24.3 Å². The first-order valence-corrected chi connectivity index (χ1v) is 7.42. The Balaban J connectivity index is 1.71. The number of rotatable bonds is 6. The summed E-state index contributed by atoms with van der Waals surface area (Å²) in [6.07, 6.45) is 0.699. The van der Waals surface area contributed by atoms with Gasteiger partial charge < -0.3 is 10.2 Å². The van der Waals surface area contributed by atoms with E-state index in [0.29, 0.717) is 18.0 Å². The van der Waals surface area contributed by atoms with Crippen molar-refractivity contribution in [2.45, 2.75) is 19.4 Å². The molecule has 1 aliphatic heterocycles. The Morgan fingerprint density at radius 1 is 1.32 bits per heavy atom. The van der Waals surface area contributed by atoms with Gasteiger partial charge in [-0.3, -0.25) is 14.5 Å². The zero-order chi connectivity index (χ0) is 16.1. The molecule has 1 N–H and O–H groups in total. The highest BCUT2D eigenvalue weighted by Crippen LogP contribution is 2.14. The van der Waals surface area contributed by atoms with Crippen molar-refractivity contribution >= 4 is 29.4 Å². The van der Waals surface area contributed by atoms with Gasteiger partial charge in [-0.15, -0.1) is 0 Å². The number of hydrogen-bond acceptors (Lipinski definition) is 3. The van der Waals surface area contributed by atoms with E-state index in [1.54, 1.807) is 13.1 Å². The lowest BCUT2D eigenvalue weighted by molar-refractivity contribution is -0.126. The summed E-state index contributed by atoms with van der Waals surface area (Å²) in [7, 11) is 1.58. The molecule has 1 fully saturated rings. The van der Waals surface area contributed by atoms with Gasteiger partial charge in [0.1, 0.15) is 6.54 Å². The maximum atomic E-state index is 11.8. The molecule has 22 heavy (non-hydrogen) atoms. The van der Waals surface area contributed by atoms with Gasteiger partial charge in [0, 0.05) is 31.6 Å². The first-order chi connectivity index (χ1) is 10.5. The van der Waals surface area contributed by atoms with E-state index in [2.05, 4.69) is 5.32 Å². The average Bonchev–Trinajstić information content (AvgIpc) is 2.72. The van der Waals surface area contributed by atoms with Crippen LogP contribution in [0.4, 0.5) is 4.79 Å². The lowest BCUT2D eigenvalue weighted by atomic mass is 10.2. The van der Waals surface area contributed by atoms with Gasteiger partial charge >= 0.3 is 6.03 Å². The Hall–Kier alpha value is -2.08. The monoisotopic (exact) mass is 323 g/mol. The van der Waals surface area contributed by atoms with Gasteiger partial charge in [0.25, 0.3) is 0 Å². The van der Waals surface area contributed by atoms with E-state index in [1.807, 2.05) is 18.2 Å². The van der Waals surface area contributed by atoms with Gasteiger partial charge in [0.2, 0.25) is 11.8 Å². The molecule has 0 aromatic heterocycles. The molecule has 0 atom stereocenters. The summed E-state index contributed by atoms with van der Waals surface area (Å²) in [5.74, 6) is -0.351. The highest BCUT2D eigenvalue weighted by atomic mass is 35.5. The van der Waals surface area contributed by atoms with E-state index in [0.717, 1.165) is 5.56 Å². The summed E-state index contributed by atoms with van der Waals surface area (Å²) in [6.45, 7) is 0.738. The predicted molar refractivity (Wildman–Crippen MR) is 82.3 cm³/mol. The molecule has 118 valence electrons. The molecule has 6 nitrogen and oxygen atoms in total. The second kappa shape index (κ2) is 7.26. The number of carbonyl (C=O) groups excluding carboxylic acids is 3. The summed E-state index contributed by atoms with van der Waals surface area (Å²) in [6, 6.07) is 6.99. The third-order valence-electron chi connectivity index (χ3n) is 3.45. The van der Waals surface area contributed by atoms with Gasteiger partial charge in [-0.2, -0.15) is 0 Å². The molecule has 1 heterocycles. The Morgan fingerprint density at radius 3 is 2.68 bits per heavy atom. The number of urea groups is 1. The van der Waals surface area contributed by atoms with Crippen LogP contribution in [0.5, 0.6) is 0 Å². The predicted octanol–water partition coefficient (Wildman–Crippen LogP) is 1.63. The van der Waals surface area contributed by atoms with Crippen molar-refractivity contribution < 1.29 is 14.4 Å². The molecular weight excluding hydrogens is 306 g/mol. The zero-order valence-corrected chi connectivity index (χ0v) is 13.1. The van der Waals surface area contributed by atoms with E-state index >= 15 is 0 Å². The van der Waals surface area contributed by atoms with Crippen LogP contribution >= 0.6 is 11.6 Å². The smallest absolute Gasteiger partial charge is 0.326 e. The van der Waals surface area contributed by atoms with Crippen molar-refractivity contribution in [3.05, 3.63) is 34.9 Å². The fourth-order valence-corrected chi connectivity index (χ4v) is 2.41. The third kappa shape index (κ3) is 3.98. The maximum absolute atomic E-state index is 11.8. The van der Waals surface area contributed by atoms with Crippen LogP contribution < -0.4 is 5.32 Å². The zero-order valence-electron chi connectivity index (χ0n) is 12.3. The normalized spacial score (nSPS) is 14.6. The minimum absolute atomic E-state index is 0.109. The van der Waals surface area contributed by atoms with Crippen molar-refractivity contribution in [2.75, 3.05) is 20.1 Å². The third-order valence-corrected chi connectivity index (χ3v) is 3.82. The molecule has 7 heteroatoms. The summed E-state index contributed by atoms with van der Waals surface area (Å²) >= 11 is 6.01. The largest absolute Gasteiger partial charge is 0.352 e. The highest BCUT2D eigenvalue weighted by Gasteiger charge is 2.32. The Kier molecular flexibility index (Phi) is 5.38. The Morgan fingerprint density at radius 2 is 2.05 bits per heavy atom. The van der Waals surface area contributed by atoms with Gasteiger partial charge in [0.05, 0.1) is 0 Å². The van der Waals surface area contributed by atoms with Crippen LogP contribution in [-0.4, -0.2) is 47.8 Å². The standard InChI is InChI=1S/C15H18ClN3O3/c1-18-10-14(21)19(15(18)22)8-4-7-13(20)17-9-11-5-2-3-6-12(11)16/h2-3,5-6H,4,7-10H2,1H3,(H,17,20). The second-order valence-electron chi connectivity index (χ2n) is 5.16. The summed E-state index contributed by atoms with van der Waals surface area (Å²) in [5.41, 5.74) is 0.851. The van der Waals surface area contributed by atoms with Crippen molar-refractivity contribution in [2.24, 2.45) is 0 Å². The molecule has 0 saturated carbocycles. The number of benzene rings is 1. The number of nitrogens with zero attached hydrogens (tertiary/aromatic N) is 2. The van der Waals surface area contributed by atoms with Crippen LogP contribution in [0.1, 0.15) is 18.4 Å². The van der Waals surface area contributed by atoms with Crippen LogP contribution in [0.2, 0.25) is 5.02 Å². The van der Waals surface area contributed by atoms with E-state index in [-0.39, 0.29) is 37.4 Å². The first-order valence-electron chi connectivity index (χ1n) is 7.04. The molecule has 1 aromatic rings. The number of likely N-dealkylation sites (N-methyl/N-ethyl adjacent to an activating group) is 1. The van der Waals surface area contributed by atoms with Crippen LogP contribution in [0.3, 0.4) is 0 Å². The molecule has 0 radical (unpaired) electrons. The molecule has 2 rings (SSSR count). The number of nitrogens with one attached hydrogen (secondary N) is 1. The molecule has 0 spiro atoms. The molecular formula is C15H18ClN3O3. The lowest BCUT2D eigenvalue weighted by Gasteiger charge is -2.13. The van der Waals surface area contributed by atoms with Gasteiger partial charge in [-0.25, -0.2) is 4.79 Å². The van der Waals surface area contributed by atoms with Crippen LogP contribution in [-0.2, 0) is 16.1 Å². The minimum Gasteiger partial charge on any atom is -0.352 e. The molecule has 0 unspecified atom stereocenters. The van der Waals surface area contributed by atoms with Gasteiger partial charge in [-0.05, 0) is 18.1 Å². The van der Waals surface area contributed by atoms with E-state index in [9.17, 15) is 14.4 Å². The van der Waals surface area contributed by atoms with Crippen LogP contribution in [0, 0.1) is 0 Å². The van der Waals surface area contributed by atoms with E-state index in [4.69, 9.17) is 11.6 Å². The minimum atomic E-state index is -0.304. The molecule has 1 aliphatic rings. The Labute approximate surface area is 134 Å². The van der Waals surface area contributed by atoms with Crippen molar-refractivity contribution in [3.63, 3.8) is 0 Å². The molecule has 4 amide bonds. The maximum Gasteiger partial charge on any atom is 0.326 e. The summed E-state index contributed by atoms with van der Waals surface area (Å²) in [4.78, 5) is 37.5. The average molecular weight is 324 g/mol. The number of carbonyl (C=O) groups is 3. The second-order valence-corrected chi connectivity index (χ2v) is 5.56. The van der Waals surface area contributed by atoms with Crippen molar-refractivity contribution in [3.8, 4) is 0 Å². The van der Waals surface area contributed by atoms with Crippen LogP contribution in [0.25, 0.3) is 0 Å². The molecule has 0 aliphatic carbocycles. The van der Waals surface area contributed by atoms with Gasteiger partial charge in [-0.1, -0.05) is 29.8 Å². The highest BCUT2D eigenvalue weighted by molar-refractivity contribution is 6.31.